The number of nitrogens with two attached hydrogens (primary N) is 1. The molecule has 0 amide bonds. The van der Waals surface area contributed by atoms with Gasteiger partial charge in [-0.3, -0.25) is 0 Å². The molecule has 0 bridgehead atoms. The minimum absolute atomic E-state index is 0.548. The number of benzene rings is 2. The third-order valence-electron chi connectivity index (χ3n) is 4.82. The number of hydrogen-bond donors (Lipinski definition) is 1. The molecule has 1 aliphatic heterocycles. The predicted molar refractivity (Wildman–Crippen MR) is 99.0 cm³/mol. The normalized spacial score (nSPS) is 18.0. The zero-order valence-electron chi connectivity index (χ0n) is 13.7. The van der Waals surface area contributed by atoms with Gasteiger partial charge in [-0.1, -0.05) is 36.4 Å². The van der Waals surface area contributed by atoms with Gasteiger partial charge in [0.05, 0.1) is 5.69 Å². The van der Waals surface area contributed by atoms with Crippen molar-refractivity contribution in [1.29, 1.82) is 0 Å². The van der Waals surface area contributed by atoms with Crippen LogP contribution in [0.25, 0.3) is 22.0 Å². The first-order valence-electron chi connectivity index (χ1n) is 8.61. The number of nitrogens with zero attached hydrogens (tertiary/aromatic N) is 3. The van der Waals surface area contributed by atoms with E-state index in [2.05, 4.69) is 52.3 Å². The first kappa shape index (κ1) is 15.1. The summed E-state index contributed by atoms with van der Waals surface area (Å²) in [5.41, 5.74) is 7.95. The van der Waals surface area contributed by atoms with Gasteiger partial charge in [0.15, 0.2) is 0 Å². The van der Waals surface area contributed by atoms with E-state index in [0.29, 0.717) is 5.92 Å². The minimum Gasteiger partial charge on any atom is -0.340 e. The smallest absolute Gasteiger partial charge is 0.225 e. The fourth-order valence-electron chi connectivity index (χ4n) is 3.45. The Hall–Kier alpha value is -2.46. The van der Waals surface area contributed by atoms with Crippen LogP contribution in [0.5, 0.6) is 0 Å². The molecule has 0 aliphatic carbocycles. The van der Waals surface area contributed by atoms with Crippen LogP contribution in [-0.4, -0.2) is 29.6 Å². The lowest BCUT2D eigenvalue weighted by molar-refractivity contribution is 0.419. The van der Waals surface area contributed by atoms with Crippen LogP contribution in [0.2, 0.25) is 0 Å². The summed E-state index contributed by atoms with van der Waals surface area (Å²) in [6.07, 6.45) is 4.22. The molecule has 1 atom stereocenters. The highest BCUT2D eigenvalue weighted by molar-refractivity contribution is 5.86. The van der Waals surface area contributed by atoms with Crippen molar-refractivity contribution in [3.8, 4) is 11.3 Å². The average Bonchev–Trinajstić information content (AvgIpc) is 2.68. The highest BCUT2D eigenvalue weighted by atomic mass is 15.3. The van der Waals surface area contributed by atoms with Crippen LogP contribution in [0.15, 0.2) is 54.7 Å². The van der Waals surface area contributed by atoms with Crippen molar-refractivity contribution in [1.82, 2.24) is 9.97 Å². The molecule has 3 aromatic rings. The summed E-state index contributed by atoms with van der Waals surface area (Å²) >= 11 is 0. The molecule has 1 saturated heterocycles. The van der Waals surface area contributed by atoms with Gasteiger partial charge in [0.25, 0.3) is 0 Å². The highest BCUT2D eigenvalue weighted by Gasteiger charge is 2.20. The van der Waals surface area contributed by atoms with Crippen LogP contribution in [0.3, 0.4) is 0 Å². The van der Waals surface area contributed by atoms with Crippen LogP contribution >= 0.6 is 0 Å². The van der Waals surface area contributed by atoms with E-state index in [-0.39, 0.29) is 0 Å². The Morgan fingerprint density at radius 2 is 1.96 bits per heavy atom. The molecule has 2 N–H and O–H groups in total. The fourth-order valence-corrected chi connectivity index (χ4v) is 3.45. The van der Waals surface area contributed by atoms with E-state index in [1.54, 1.807) is 0 Å². The molecule has 0 radical (unpaired) electrons. The molecule has 1 fully saturated rings. The lowest BCUT2D eigenvalue weighted by Crippen LogP contribution is -2.39. The molecular weight excluding hydrogens is 296 g/mol. The van der Waals surface area contributed by atoms with E-state index in [1.807, 2.05) is 12.3 Å². The first-order chi connectivity index (χ1) is 11.8. The topological polar surface area (TPSA) is 55.0 Å². The van der Waals surface area contributed by atoms with Crippen molar-refractivity contribution in [3.05, 3.63) is 54.7 Å². The van der Waals surface area contributed by atoms with Crippen molar-refractivity contribution in [2.24, 2.45) is 11.7 Å². The highest BCUT2D eigenvalue weighted by Crippen LogP contribution is 2.25. The van der Waals surface area contributed by atoms with Crippen molar-refractivity contribution < 1.29 is 0 Å². The Balaban J connectivity index is 1.66. The maximum atomic E-state index is 5.85. The summed E-state index contributed by atoms with van der Waals surface area (Å²) in [6, 6.07) is 16.9. The zero-order valence-corrected chi connectivity index (χ0v) is 13.7. The lowest BCUT2D eigenvalue weighted by atomic mass is 9.99. The standard InChI is InChI=1S/C20H22N4/c21-13-15-4-3-11-24(14-15)20-22-10-9-19(23-20)18-8-7-16-5-1-2-6-17(16)12-18/h1-2,5-10,12,15H,3-4,11,13-14,21H2. The average molecular weight is 318 g/mol. The van der Waals surface area contributed by atoms with Gasteiger partial charge in [-0.05, 0) is 48.2 Å². The Morgan fingerprint density at radius 3 is 2.83 bits per heavy atom. The Kier molecular flexibility index (Phi) is 4.13. The molecule has 1 aliphatic rings. The molecule has 4 rings (SSSR count). The summed E-state index contributed by atoms with van der Waals surface area (Å²) in [6.45, 7) is 2.70. The molecule has 2 heterocycles. The molecule has 24 heavy (non-hydrogen) atoms. The molecule has 4 nitrogen and oxygen atoms in total. The molecule has 0 saturated carbocycles. The Bertz CT molecular complexity index is 846. The second-order valence-corrected chi connectivity index (χ2v) is 6.49. The van der Waals surface area contributed by atoms with Crippen LogP contribution < -0.4 is 10.6 Å². The number of piperidine rings is 1. The quantitative estimate of drug-likeness (QED) is 0.803. The summed E-state index contributed by atoms with van der Waals surface area (Å²) < 4.78 is 0. The summed E-state index contributed by atoms with van der Waals surface area (Å²) in [5, 5.41) is 2.48. The predicted octanol–water partition coefficient (Wildman–Crippen LogP) is 3.47. The van der Waals surface area contributed by atoms with Gasteiger partial charge in [-0.15, -0.1) is 0 Å². The van der Waals surface area contributed by atoms with Gasteiger partial charge >= 0.3 is 0 Å². The molecule has 0 spiro atoms. The number of anilines is 1. The lowest BCUT2D eigenvalue weighted by Gasteiger charge is -2.32. The van der Waals surface area contributed by atoms with Crippen LogP contribution in [0, 0.1) is 5.92 Å². The molecule has 122 valence electrons. The summed E-state index contributed by atoms with van der Waals surface area (Å²) in [7, 11) is 0. The first-order valence-corrected chi connectivity index (χ1v) is 8.61. The van der Waals surface area contributed by atoms with Gasteiger partial charge in [0.1, 0.15) is 0 Å². The van der Waals surface area contributed by atoms with E-state index < -0.39 is 0 Å². The van der Waals surface area contributed by atoms with Gasteiger partial charge in [-0.2, -0.15) is 0 Å². The van der Waals surface area contributed by atoms with Crippen LogP contribution in [0.4, 0.5) is 5.95 Å². The van der Waals surface area contributed by atoms with Crippen molar-refractivity contribution in [3.63, 3.8) is 0 Å². The number of aromatic nitrogens is 2. The summed E-state index contributed by atoms with van der Waals surface area (Å²) in [4.78, 5) is 11.6. The maximum absolute atomic E-state index is 5.85. The van der Waals surface area contributed by atoms with Gasteiger partial charge in [0, 0.05) is 24.8 Å². The fraction of sp³-hybridized carbons (Fsp3) is 0.300. The number of fused-ring (bicyclic) bond motifs is 1. The second-order valence-electron chi connectivity index (χ2n) is 6.49. The van der Waals surface area contributed by atoms with E-state index in [1.165, 1.54) is 17.2 Å². The van der Waals surface area contributed by atoms with Crippen molar-refractivity contribution in [2.45, 2.75) is 12.8 Å². The minimum atomic E-state index is 0.548. The maximum Gasteiger partial charge on any atom is 0.225 e. The van der Waals surface area contributed by atoms with Crippen molar-refractivity contribution >= 4 is 16.7 Å². The SMILES string of the molecule is NCC1CCCN(c2nccc(-c3ccc4ccccc4c3)n2)C1. The Labute approximate surface area is 142 Å². The van der Waals surface area contributed by atoms with Gasteiger partial charge in [0.2, 0.25) is 5.95 Å². The Morgan fingerprint density at radius 1 is 1.08 bits per heavy atom. The third kappa shape index (κ3) is 2.97. The molecule has 4 heteroatoms. The van der Waals surface area contributed by atoms with Gasteiger partial charge in [-0.25, -0.2) is 9.97 Å². The van der Waals surface area contributed by atoms with Crippen LogP contribution in [-0.2, 0) is 0 Å². The number of hydrogen-bond acceptors (Lipinski definition) is 4. The third-order valence-corrected chi connectivity index (χ3v) is 4.82. The second kappa shape index (κ2) is 6.57. The van der Waals surface area contributed by atoms with E-state index in [0.717, 1.165) is 43.3 Å². The van der Waals surface area contributed by atoms with E-state index in [9.17, 15) is 0 Å². The molecule has 1 aromatic heterocycles. The molecular formula is C20H22N4. The molecule has 2 aromatic carbocycles. The summed E-state index contributed by atoms with van der Waals surface area (Å²) in [5.74, 6) is 1.37. The number of rotatable bonds is 3. The van der Waals surface area contributed by atoms with E-state index in [4.69, 9.17) is 10.7 Å². The van der Waals surface area contributed by atoms with Crippen molar-refractivity contribution in [2.75, 3.05) is 24.5 Å². The largest absolute Gasteiger partial charge is 0.340 e. The van der Waals surface area contributed by atoms with E-state index >= 15 is 0 Å². The monoisotopic (exact) mass is 318 g/mol. The molecule has 1 unspecified atom stereocenters. The zero-order chi connectivity index (χ0) is 16.4. The van der Waals surface area contributed by atoms with Gasteiger partial charge < -0.3 is 10.6 Å². The van der Waals surface area contributed by atoms with Crippen LogP contribution in [0.1, 0.15) is 12.8 Å².